The van der Waals surface area contributed by atoms with Crippen LogP contribution >= 0.6 is 0 Å². The zero-order chi connectivity index (χ0) is 23.1. The van der Waals surface area contributed by atoms with Gasteiger partial charge in [0.1, 0.15) is 6.29 Å². The summed E-state index contributed by atoms with van der Waals surface area (Å²) in [5.41, 5.74) is 1.45. The Balaban J connectivity index is 0.000000290. The number of fused-ring (bicyclic) bond motifs is 2. The van der Waals surface area contributed by atoms with E-state index < -0.39 is 16.3 Å². The second-order valence-corrected chi connectivity index (χ2v) is 7.12. The van der Waals surface area contributed by atoms with Gasteiger partial charge in [-0.05, 0) is 25.5 Å². The zero-order valence-electron chi connectivity index (χ0n) is 17.1. The Kier molecular flexibility index (Phi) is 8.49. The maximum absolute atomic E-state index is 12.8. The van der Waals surface area contributed by atoms with Crippen LogP contribution in [0.1, 0.15) is 27.7 Å². The highest BCUT2D eigenvalue weighted by Gasteiger charge is 2.43. The molecule has 0 spiro atoms. The largest absolute Gasteiger partial charge is 0.586 e. The number of nitrogens with two attached hydrogens (primary N) is 1. The molecule has 1 aromatic heterocycles. The van der Waals surface area contributed by atoms with Crippen molar-refractivity contribution in [2.24, 2.45) is 5.14 Å². The summed E-state index contributed by atoms with van der Waals surface area (Å²) in [7, 11) is -1.99. The number of anilines is 1. The van der Waals surface area contributed by atoms with Gasteiger partial charge in [-0.25, -0.2) is 18.5 Å². The molecule has 0 fully saturated rings. The number of alkyl halides is 2. The molecule has 0 radical (unpaired) electrons. The molecule has 1 aliphatic heterocycles. The summed E-state index contributed by atoms with van der Waals surface area (Å²) in [6, 6.07) is 2.84. The van der Waals surface area contributed by atoms with Gasteiger partial charge in [-0.1, -0.05) is 19.9 Å². The van der Waals surface area contributed by atoms with Crippen LogP contribution in [-0.4, -0.2) is 38.0 Å². The van der Waals surface area contributed by atoms with Gasteiger partial charge in [0.05, 0.1) is 15.9 Å². The Morgan fingerprint density at radius 1 is 1.27 bits per heavy atom. The summed E-state index contributed by atoms with van der Waals surface area (Å²) in [6.45, 7) is 7.04. The van der Waals surface area contributed by atoms with Crippen molar-refractivity contribution < 1.29 is 31.5 Å². The average molecular weight is 446 g/mol. The zero-order valence-corrected chi connectivity index (χ0v) is 17.9. The van der Waals surface area contributed by atoms with E-state index in [-0.39, 0.29) is 16.4 Å². The van der Waals surface area contributed by atoms with E-state index in [4.69, 9.17) is 5.14 Å². The van der Waals surface area contributed by atoms with Crippen LogP contribution in [0.3, 0.4) is 0 Å². The van der Waals surface area contributed by atoms with E-state index in [2.05, 4.69) is 24.8 Å². The third kappa shape index (κ3) is 6.52. The molecule has 2 aromatic rings. The fraction of sp³-hybridized carbons (Fsp3) is 0.333. The monoisotopic (exact) mass is 446 g/mol. The molecule has 0 bridgehead atoms. The lowest BCUT2D eigenvalue weighted by Gasteiger charge is -2.04. The molecule has 1 aromatic carbocycles. The highest BCUT2D eigenvalue weighted by Crippen LogP contribution is 2.42. The first-order valence-corrected chi connectivity index (χ1v) is 10.3. The second-order valence-electron chi connectivity index (χ2n) is 5.56. The van der Waals surface area contributed by atoms with E-state index in [1.807, 2.05) is 13.8 Å². The highest BCUT2D eigenvalue weighted by atomic mass is 32.2. The third-order valence-corrected chi connectivity index (χ3v) is 4.42. The van der Waals surface area contributed by atoms with E-state index in [1.54, 1.807) is 7.05 Å². The van der Waals surface area contributed by atoms with Gasteiger partial charge >= 0.3 is 6.29 Å². The number of aldehydes is 1. The summed E-state index contributed by atoms with van der Waals surface area (Å²) in [5.74, 6) is 0.542. The first-order valence-electron chi connectivity index (χ1n) is 8.79. The average Bonchev–Trinajstić information content (AvgIpc) is 3.21. The number of carbonyl (C=O) groups excluding carboxylic acids is 1. The fourth-order valence-electron chi connectivity index (χ4n) is 2.16. The van der Waals surface area contributed by atoms with E-state index in [0.717, 1.165) is 0 Å². The molecule has 3 rings (SSSR count). The van der Waals surface area contributed by atoms with Crippen LogP contribution in [0.25, 0.3) is 11.0 Å². The number of aromatic nitrogens is 2. The SMILES string of the molecule is C/C=C(\C=C(/C)C=O)S(N)(=O)=O.CC.CNc1nc2cc3c(cc2[nH]1)OC(F)(F)O3. The number of hydrogen-bond acceptors (Lipinski definition) is 7. The molecule has 0 unspecified atom stereocenters. The van der Waals surface area contributed by atoms with Gasteiger partial charge in [0.25, 0.3) is 0 Å². The number of halogens is 2. The summed E-state index contributed by atoms with van der Waals surface area (Å²) in [6.07, 6.45) is -0.466. The van der Waals surface area contributed by atoms with Crippen LogP contribution in [0.2, 0.25) is 0 Å². The Bertz CT molecular complexity index is 1020. The Labute approximate surface area is 173 Å². The van der Waals surface area contributed by atoms with Crippen LogP contribution in [0.4, 0.5) is 14.7 Å². The van der Waals surface area contributed by atoms with Gasteiger partial charge in [0, 0.05) is 19.2 Å². The molecule has 0 aliphatic carbocycles. The minimum atomic E-state index is -3.69. The van der Waals surface area contributed by atoms with Gasteiger partial charge in [-0.2, -0.15) is 0 Å². The summed E-state index contributed by atoms with van der Waals surface area (Å²) in [5, 5.41) is 7.65. The van der Waals surface area contributed by atoms with Crippen molar-refractivity contribution in [1.82, 2.24) is 9.97 Å². The molecule has 1 aliphatic rings. The third-order valence-electron chi connectivity index (χ3n) is 3.41. The number of primary sulfonamides is 1. The fourth-order valence-corrected chi connectivity index (χ4v) is 2.84. The van der Waals surface area contributed by atoms with E-state index in [9.17, 15) is 22.0 Å². The van der Waals surface area contributed by atoms with Crippen molar-refractivity contribution in [3.05, 3.63) is 34.8 Å². The van der Waals surface area contributed by atoms with Gasteiger partial charge in [0.15, 0.2) is 11.5 Å². The first kappa shape index (κ1) is 25.0. The van der Waals surface area contributed by atoms with Crippen LogP contribution in [0, 0.1) is 0 Å². The van der Waals surface area contributed by atoms with Gasteiger partial charge in [-0.3, -0.25) is 4.79 Å². The van der Waals surface area contributed by atoms with Crippen molar-refractivity contribution in [1.29, 1.82) is 0 Å². The van der Waals surface area contributed by atoms with Crippen LogP contribution < -0.4 is 19.9 Å². The highest BCUT2D eigenvalue weighted by molar-refractivity contribution is 7.93. The van der Waals surface area contributed by atoms with Crippen LogP contribution in [-0.2, 0) is 14.8 Å². The number of allylic oxidation sites excluding steroid dienone is 3. The van der Waals surface area contributed by atoms with E-state index in [1.165, 1.54) is 38.1 Å². The van der Waals surface area contributed by atoms with Crippen LogP contribution in [0.15, 0.2) is 34.8 Å². The standard InChI is InChI=1S/C9H7F2N3O2.C7H11NO3S.C2H6/c1-12-8-13-4-2-6-7(3-5(4)14-8)16-9(10,11)15-6;1-3-7(12(8,10)11)4-6(2)5-9;1-2/h2-3H,1H3,(H2,12,13,14);3-5H,1-2H3,(H2,8,10,11);1-2H3/b;6-4+,7-3+;. The lowest BCUT2D eigenvalue weighted by atomic mass is 10.3. The van der Waals surface area contributed by atoms with Crippen molar-refractivity contribution in [3.63, 3.8) is 0 Å². The van der Waals surface area contributed by atoms with Crippen molar-refractivity contribution >= 4 is 33.3 Å². The van der Waals surface area contributed by atoms with Crippen molar-refractivity contribution in [3.8, 4) is 11.5 Å². The molecule has 0 saturated carbocycles. The van der Waals surface area contributed by atoms with Gasteiger partial charge < -0.3 is 19.8 Å². The Morgan fingerprint density at radius 3 is 2.30 bits per heavy atom. The predicted molar refractivity (Wildman–Crippen MR) is 110 cm³/mol. The lowest BCUT2D eigenvalue weighted by molar-refractivity contribution is -0.286. The second kappa shape index (κ2) is 10.2. The number of carbonyl (C=O) groups is 1. The molecule has 0 atom stereocenters. The maximum Gasteiger partial charge on any atom is 0.586 e. The number of benzene rings is 1. The normalized spacial score (nSPS) is 14.9. The molecule has 4 N–H and O–H groups in total. The number of nitrogens with zero attached hydrogens (tertiary/aromatic N) is 1. The summed E-state index contributed by atoms with van der Waals surface area (Å²) < 4.78 is 55.7. The minimum absolute atomic E-state index is 0.00352. The number of ether oxygens (including phenoxy) is 2. The number of nitrogens with one attached hydrogen (secondary N) is 2. The molecule has 166 valence electrons. The molecule has 0 amide bonds. The number of aromatic amines is 1. The molecule has 12 heteroatoms. The Hall–Kier alpha value is -2.99. The number of sulfonamides is 1. The van der Waals surface area contributed by atoms with Crippen molar-refractivity contribution in [2.45, 2.75) is 34.0 Å². The quantitative estimate of drug-likeness (QED) is 0.372. The van der Waals surface area contributed by atoms with E-state index in [0.29, 0.717) is 28.8 Å². The number of imidazole rings is 1. The number of H-pyrrole nitrogens is 1. The molecule has 9 nitrogen and oxygen atoms in total. The first-order chi connectivity index (χ1) is 14.0. The smallest absolute Gasteiger partial charge is 0.395 e. The summed E-state index contributed by atoms with van der Waals surface area (Å²) >= 11 is 0. The predicted octanol–water partition coefficient (Wildman–Crippen LogP) is 3.28. The molecule has 0 saturated heterocycles. The Morgan fingerprint density at radius 2 is 1.83 bits per heavy atom. The number of rotatable bonds is 4. The summed E-state index contributed by atoms with van der Waals surface area (Å²) in [4.78, 5) is 17.1. The van der Waals surface area contributed by atoms with Crippen molar-refractivity contribution in [2.75, 3.05) is 12.4 Å². The van der Waals surface area contributed by atoms with Gasteiger partial charge in [-0.15, -0.1) is 8.78 Å². The lowest BCUT2D eigenvalue weighted by Crippen LogP contribution is -2.25. The molecular formula is C18H24F2N4O5S. The number of hydrogen-bond donors (Lipinski definition) is 3. The molecule has 30 heavy (non-hydrogen) atoms. The van der Waals surface area contributed by atoms with E-state index >= 15 is 0 Å². The van der Waals surface area contributed by atoms with Gasteiger partial charge in [0.2, 0.25) is 16.0 Å². The molecular weight excluding hydrogens is 422 g/mol. The van der Waals surface area contributed by atoms with Crippen LogP contribution in [0.5, 0.6) is 11.5 Å². The topological polar surface area (TPSA) is 136 Å². The maximum atomic E-state index is 12.8. The molecule has 2 heterocycles. The minimum Gasteiger partial charge on any atom is -0.395 e.